The topological polar surface area (TPSA) is 83.6 Å². The number of aromatic nitrogens is 4. The maximum Gasteiger partial charge on any atom is 0.251 e. The molecule has 0 bridgehead atoms. The van der Waals surface area contributed by atoms with Crippen LogP contribution in [0, 0.1) is 6.92 Å². The van der Waals surface area contributed by atoms with Crippen molar-refractivity contribution in [3.8, 4) is 0 Å². The average Bonchev–Trinajstić information content (AvgIpc) is 2.30. The SMILES string of the molecule is CNc1ncc(Br)c(Sc2nc(C)cc(=O)[nH]2)n1. The summed E-state index contributed by atoms with van der Waals surface area (Å²) in [6.07, 6.45) is 1.65. The molecule has 0 saturated carbocycles. The summed E-state index contributed by atoms with van der Waals surface area (Å²) in [6.45, 7) is 1.77. The molecule has 8 heteroatoms. The van der Waals surface area contributed by atoms with E-state index < -0.39 is 0 Å². The van der Waals surface area contributed by atoms with Crippen LogP contribution in [0.3, 0.4) is 0 Å². The van der Waals surface area contributed by atoms with Gasteiger partial charge in [0.05, 0.1) is 4.47 Å². The van der Waals surface area contributed by atoms with E-state index in [9.17, 15) is 4.79 Å². The summed E-state index contributed by atoms with van der Waals surface area (Å²) < 4.78 is 0.746. The molecule has 2 aromatic rings. The lowest BCUT2D eigenvalue weighted by atomic mass is 10.5. The normalized spacial score (nSPS) is 10.4. The van der Waals surface area contributed by atoms with Crippen molar-refractivity contribution in [2.75, 3.05) is 12.4 Å². The zero-order valence-electron chi connectivity index (χ0n) is 9.69. The smallest absolute Gasteiger partial charge is 0.251 e. The van der Waals surface area contributed by atoms with Crippen LogP contribution < -0.4 is 10.9 Å². The Kier molecular flexibility index (Phi) is 3.97. The molecule has 2 rings (SSSR count). The van der Waals surface area contributed by atoms with Gasteiger partial charge in [0.15, 0.2) is 5.16 Å². The van der Waals surface area contributed by atoms with Gasteiger partial charge in [-0.2, -0.15) is 0 Å². The van der Waals surface area contributed by atoms with E-state index in [1.54, 1.807) is 20.2 Å². The van der Waals surface area contributed by atoms with Gasteiger partial charge in [-0.15, -0.1) is 0 Å². The molecule has 0 radical (unpaired) electrons. The van der Waals surface area contributed by atoms with Gasteiger partial charge in [0.2, 0.25) is 5.95 Å². The molecule has 0 saturated heterocycles. The quantitative estimate of drug-likeness (QED) is 0.661. The highest BCUT2D eigenvalue weighted by Crippen LogP contribution is 2.29. The fourth-order valence-corrected chi connectivity index (χ4v) is 2.48. The van der Waals surface area contributed by atoms with Crippen LogP contribution in [0.15, 0.2) is 31.7 Å². The number of H-pyrrole nitrogens is 1. The fourth-order valence-electron chi connectivity index (χ4n) is 1.24. The van der Waals surface area contributed by atoms with Crippen LogP contribution in [0.5, 0.6) is 0 Å². The summed E-state index contributed by atoms with van der Waals surface area (Å²) in [6, 6.07) is 1.44. The van der Waals surface area contributed by atoms with E-state index in [1.807, 2.05) is 0 Å². The largest absolute Gasteiger partial charge is 0.357 e. The second-order valence-electron chi connectivity index (χ2n) is 3.39. The first-order valence-electron chi connectivity index (χ1n) is 5.04. The minimum atomic E-state index is -0.177. The first-order chi connectivity index (χ1) is 8.58. The van der Waals surface area contributed by atoms with E-state index in [-0.39, 0.29) is 5.56 Å². The van der Waals surface area contributed by atoms with Crippen molar-refractivity contribution in [3.05, 3.63) is 32.8 Å². The van der Waals surface area contributed by atoms with Crippen molar-refractivity contribution in [1.82, 2.24) is 19.9 Å². The lowest BCUT2D eigenvalue weighted by molar-refractivity contribution is 0.899. The van der Waals surface area contributed by atoms with Gasteiger partial charge in [0.25, 0.3) is 5.56 Å². The van der Waals surface area contributed by atoms with Gasteiger partial charge in [-0.05, 0) is 34.6 Å². The first kappa shape index (κ1) is 13.0. The lowest BCUT2D eigenvalue weighted by Crippen LogP contribution is -2.08. The highest BCUT2D eigenvalue weighted by atomic mass is 79.9. The van der Waals surface area contributed by atoms with Crippen LogP contribution >= 0.6 is 27.7 Å². The molecule has 18 heavy (non-hydrogen) atoms. The Balaban J connectivity index is 2.36. The number of anilines is 1. The zero-order chi connectivity index (χ0) is 13.1. The number of hydrogen-bond acceptors (Lipinski definition) is 6. The first-order valence-corrected chi connectivity index (χ1v) is 6.65. The predicted molar refractivity (Wildman–Crippen MR) is 73.0 cm³/mol. The van der Waals surface area contributed by atoms with Gasteiger partial charge in [-0.1, -0.05) is 0 Å². The molecule has 0 amide bonds. The summed E-state index contributed by atoms with van der Waals surface area (Å²) in [5.41, 5.74) is 0.490. The van der Waals surface area contributed by atoms with Crippen molar-refractivity contribution in [1.29, 1.82) is 0 Å². The predicted octanol–water partition coefficient (Wildman–Crippen LogP) is 1.82. The number of nitrogens with one attached hydrogen (secondary N) is 2. The maximum atomic E-state index is 11.3. The van der Waals surface area contributed by atoms with Gasteiger partial charge in [0, 0.05) is 25.0 Å². The van der Waals surface area contributed by atoms with Gasteiger partial charge >= 0.3 is 0 Å². The molecule has 0 aliphatic heterocycles. The lowest BCUT2D eigenvalue weighted by Gasteiger charge is -2.05. The van der Waals surface area contributed by atoms with Crippen LogP contribution in [-0.2, 0) is 0 Å². The molecular weight excluding hydrogens is 318 g/mol. The average molecular weight is 328 g/mol. The van der Waals surface area contributed by atoms with E-state index >= 15 is 0 Å². The molecule has 0 atom stereocenters. The highest BCUT2D eigenvalue weighted by molar-refractivity contribution is 9.10. The third-order valence-electron chi connectivity index (χ3n) is 1.98. The van der Waals surface area contributed by atoms with Crippen molar-refractivity contribution >= 4 is 33.6 Å². The third-order valence-corrected chi connectivity index (χ3v) is 3.71. The molecule has 0 aliphatic carbocycles. The van der Waals surface area contributed by atoms with E-state index in [2.05, 4.69) is 41.2 Å². The molecule has 94 valence electrons. The van der Waals surface area contributed by atoms with Gasteiger partial charge in [-0.25, -0.2) is 15.0 Å². The Hall–Kier alpha value is -1.41. The van der Waals surface area contributed by atoms with Gasteiger partial charge in [-0.3, -0.25) is 4.79 Å². The van der Waals surface area contributed by atoms with Gasteiger partial charge < -0.3 is 10.3 Å². The summed E-state index contributed by atoms with van der Waals surface area (Å²) in [5.74, 6) is 0.510. The van der Waals surface area contributed by atoms with E-state index in [0.29, 0.717) is 21.8 Å². The van der Waals surface area contributed by atoms with E-state index in [0.717, 1.165) is 4.47 Å². The Labute approximate surface area is 116 Å². The Morgan fingerprint density at radius 1 is 1.44 bits per heavy atom. The number of rotatable bonds is 3. The van der Waals surface area contributed by atoms with Crippen LogP contribution in [0.1, 0.15) is 5.69 Å². The molecule has 0 spiro atoms. The number of nitrogens with zero attached hydrogens (tertiary/aromatic N) is 3. The second-order valence-corrected chi connectivity index (χ2v) is 5.22. The molecular formula is C10H10BrN5OS. The number of hydrogen-bond donors (Lipinski definition) is 2. The van der Waals surface area contributed by atoms with E-state index in [1.165, 1.54) is 17.8 Å². The fraction of sp³-hybridized carbons (Fsp3) is 0.200. The van der Waals surface area contributed by atoms with Crippen molar-refractivity contribution < 1.29 is 0 Å². The zero-order valence-corrected chi connectivity index (χ0v) is 12.1. The second kappa shape index (κ2) is 5.49. The minimum Gasteiger partial charge on any atom is -0.357 e. The van der Waals surface area contributed by atoms with Crippen LogP contribution in [0.25, 0.3) is 0 Å². The minimum absolute atomic E-state index is 0.177. The van der Waals surface area contributed by atoms with E-state index in [4.69, 9.17) is 0 Å². The third kappa shape index (κ3) is 3.08. The Bertz CT molecular complexity index is 630. The monoisotopic (exact) mass is 327 g/mol. The highest BCUT2D eigenvalue weighted by Gasteiger charge is 2.08. The molecule has 0 fully saturated rings. The molecule has 2 heterocycles. The Morgan fingerprint density at radius 3 is 2.89 bits per heavy atom. The summed E-state index contributed by atoms with van der Waals surface area (Å²) in [7, 11) is 1.74. The summed E-state index contributed by atoms with van der Waals surface area (Å²) >= 11 is 4.63. The van der Waals surface area contributed by atoms with Crippen molar-refractivity contribution in [3.63, 3.8) is 0 Å². The van der Waals surface area contributed by atoms with Gasteiger partial charge in [0.1, 0.15) is 5.03 Å². The maximum absolute atomic E-state index is 11.3. The molecule has 2 aromatic heterocycles. The number of aryl methyl sites for hydroxylation is 1. The molecule has 0 aliphatic rings. The Morgan fingerprint density at radius 2 is 2.22 bits per heavy atom. The van der Waals surface area contributed by atoms with Crippen molar-refractivity contribution in [2.24, 2.45) is 0 Å². The summed E-state index contributed by atoms with van der Waals surface area (Å²) in [5, 5.41) is 4.04. The molecule has 6 nitrogen and oxygen atoms in total. The van der Waals surface area contributed by atoms with Crippen molar-refractivity contribution in [2.45, 2.75) is 17.1 Å². The standard InChI is InChI=1S/C10H10BrN5OS/c1-5-3-7(17)15-10(14-5)18-8-6(11)4-13-9(12-2)16-8/h3-4H,1-2H3,(H,12,13,16)(H,14,15,17). The molecule has 0 unspecified atom stereocenters. The van der Waals surface area contributed by atoms with Crippen LogP contribution in [0.4, 0.5) is 5.95 Å². The number of halogens is 1. The molecule has 2 N–H and O–H groups in total. The van der Waals surface area contributed by atoms with Crippen LogP contribution in [0.2, 0.25) is 0 Å². The molecule has 0 aromatic carbocycles. The van der Waals surface area contributed by atoms with Crippen LogP contribution in [-0.4, -0.2) is 27.0 Å². The number of aromatic amines is 1. The summed E-state index contributed by atoms with van der Waals surface area (Å²) in [4.78, 5) is 26.6.